The maximum atomic E-state index is 11.3. The molecule has 3 heterocycles. The van der Waals surface area contributed by atoms with Crippen molar-refractivity contribution in [2.24, 2.45) is 11.8 Å². The van der Waals surface area contributed by atoms with E-state index in [1.165, 1.54) is 5.56 Å². The number of hydrogen-bond acceptors (Lipinski definition) is 6. The molecule has 7 nitrogen and oxygen atoms in total. The van der Waals surface area contributed by atoms with Gasteiger partial charge < -0.3 is 14.7 Å². The van der Waals surface area contributed by atoms with Gasteiger partial charge in [0.25, 0.3) is 0 Å². The van der Waals surface area contributed by atoms with Crippen LogP contribution in [0.4, 0.5) is 0 Å². The van der Waals surface area contributed by atoms with Crippen LogP contribution in [-0.2, 0) is 17.6 Å². The molecule has 3 aromatic rings. The number of benzene rings is 1. The number of nitrogens with zero attached hydrogens (tertiary/aromatic N) is 4. The summed E-state index contributed by atoms with van der Waals surface area (Å²) in [7, 11) is 1.69. The Hall–Kier alpha value is -3.06. The van der Waals surface area contributed by atoms with E-state index in [-0.39, 0.29) is 6.42 Å². The van der Waals surface area contributed by atoms with E-state index in [1.807, 2.05) is 24.4 Å². The number of aromatic nitrogens is 3. The van der Waals surface area contributed by atoms with Crippen LogP contribution < -0.4 is 4.74 Å². The van der Waals surface area contributed by atoms with Gasteiger partial charge >= 0.3 is 5.97 Å². The SMILES string of the molecule is COc1ccc2nccc(CCCC3CCN(CCCCc4ncccn4)CC3CCC(=O)O)c2c1. The van der Waals surface area contributed by atoms with Gasteiger partial charge in [0.2, 0.25) is 0 Å². The minimum atomic E-state index is -0.689. The molecule has 0 amide bonds. The fourth-order valence-corrected chi connectivity index (χ4v) is 5.53. The third kappa shape index (κ3) is 7.47. The number of piperidine rings is 1. The largest absolute Gasteiger partial charge is 0.497 e. The second-order valence-corrected chi connectivity index (χ2v) is 9.91. The Bertz CT molecular complexity index is 1110. The lowest BCUT2D eigenvalue weighted by Crippen LogP contribution is -2.41. The molecule has 7 heteroatoms. The molecular formula is C29H38N4O3. The summed E-state index contributed by atoms with van der Waals surface area (Å²) in [5, 5.41) is 10.5. The number of unbranched alkanes of at least 4 members (excludes halogenated alkanes) is 1. The van der Waals surface area contributed by atoms with Crippen LogP contribution in [0.15, 0.2) is 48.9 Å². The molecule has 2 aromatic heterocycles. The average Bonchev–Trinajstić information content (AvgIpc) is 2.91. The quantitative estimate of drug-likeness (QED) is 0.330. The van der Waals surface area contributed by atoms with Gasteiger partial charge in [-0.05, 0) is 106 Å². The van der Waals surface area contributed by atoms with Crippen molar-refractivity contribution >= 4 is 16.9 Å². The van der Waals surface area contributed by atoms with E-state index in [1.54, 1.807) is 19.5 Å². The van der Waals surface area contributed by atoms with Gasteiger partial charge in [0.05, 0.1) is 12.6 Å². The first-order valence-corrected chi connectivity index (χ1v) is 13.2. The molecule has 4 rings (SSSR count). The lowest BCUT2D eigenvalue weighted by atomic mass is 9.79. The van der Waals surface area contributed by atoms with Crippen LogP contribution in [0.3, 0.4) is 0 Å². The van der Waals surface area contributed by atoms with E-state index in [0.717, 1.165) is 93.5 Å². The third-order valence-corrected chi connectivity index (χ3v) is 7.51. The Morgan fingerprint density at radius 3 is 2.69 bits per heavy atom. The molecule has 1 aliphatic heterocycles. The fourth-order valence-electron chi connectivity index (χ4n) is 5.53. The average molecular weight is 491 g/mol. The van der Waals surface area contributed by atoms with Crippen molar-refractivity contribution in [3.05, 3.63) is 60.3 Å². The third-order valence-electron chi connectivity index (χ3n) is 7.51. The van der Waals surface area contributed by atoms with Gasteiger partial charge in [0.1, 0.15) is 11.6 Å². The van der Waals surface area contributed by atoms with Crippen molar-refractivity contribution in [3.8, 4) is 5.75 Å². The first-order chi connectivity index (χ1) is 17.6. The number of likely N-dealkylation sites (tertiary alicyclic amines) is 1. The number of carboxylic acids is 1. The van der Waals surface area contributed by atoms with Gasteiger partial charge in [0.15, 0.2) is 0 Å². The highest BCUT2D eigenvalue weighted by Gasteiger charge is 2.29. The predicted octanol–water partition coefficient (Wildman–Crippen LogP) is 5.18. The van der Waals surface area contributed by atoms with Gasteiger partial charge in [-0.15, -0.1) is 0 Å². The van der Waals surface area contributed by atoms with Gasteiger partial charge in [0, 0.05) is 43.4 Å². The summed E-state index contributed by atoms with van der Waals surface area (Å²) in [6.45, 7) is 3.18. The van der Waals surface area contributed by atoms with Crippen LogP contribution in [0.2, 0.25) is 0 Å². The number of rotatable bonds is 13. The molecule has 0 radical (unpaired) electrons. The van der Waals surface area contributed by atoms with Crippen molar-refractivity contribution < 1.29 is 14.6 Å². The molecule has 0 bridgehead atoms. The molecule has 36 heavy (non-hydrogen) atoms. The van der Waals surface area contributed by atoms with Crippen LogP contribution in [0.5, 0.6) is 5.75 Å². The van der Waals surface area contributed by atoms with Crippen LogP contribution in [0.25, 0.3) is 10.9 Å². The number of fused-ring (bicyclic) bond motifs is 1. The van der Waals surface area contributed by atoms with E-state index in [0.29, 0.717) is 11.8 Å². The topological polar surface area (TPSA) is 88.4 Å². The number of carboxylic acid groups (broad SMARTS) is 1. The van der Waals surface area contributed by atoms with Crippen molar-refractivity contribution in [2.75, 3.05) is 26.7 Å². The number of carbonyl (C=O) groups is 1. The van der Waals surface area contributed by atoms with E-state index < -0.39 is 5.97 Å². The summed E-state index contributed by atoms with van der Waals surface area (Å²) >= 11 is 0. The van der Waals surface area contributed by atoms with E-state index in [9.17, 15) is 9.90 Å². The van der Waals surface area contributed by atoms with Crippen LogP contribution in [0, 0.1) is 11.8 Å². The van der Waals surface area contributed by atoms with Gasteiger partial charge in [-0.2, -0.15) is 0 Å². The van der Waals surface area contributed by atoms with Crippen LogP contribution >= 0.6 is 0 Å². The highest BCUT2D eigenvalue weighted by molar-refractivity contribution is 5.83. The number of ether oxygens (including phenoxy) is 1. The Kier molecular flexibility index (Phi) is 9.61. The molecule has 0 spiro atoms. The second-order valence-electron chi connectivity index (χ2n) is 9.91. The van der Waals surface area contributed by atoms with Crippen molar-refractivity contribution in [1.29, 1.82) is 0 Å². The number of methoxy groups -OCH3 is 1. The Labute approximate surface area is 213 Å². The molecular weight excluding hydrogens is 452 g/mol. The van der Waals surface area contributed by atoms with Gasteiger partial charge in [-0.1, -0.05) is 0 Å². The molecule has 2 unspecified atom stereocenters. The number of aliphatic carboxylic acids is 1. The Morgan fingerprint density at radius 2 is 1.89 bits per heavy atom. The van der Waals surface area contributed by atoms with Crippen LogP contribution in [-0.4, -0.2) is 57.7 Å². The van der Waals surface area contributed by atoms with Crippen molar-refractivity contribution in [3.63, 3.8) is 0 Å². The van der Waals surface area contributed by atoms with Crippen molar-refractivity contribution in [1.82, 2.24) is 19.9 Å². The maximum absolute atomic E-state index is 11.3. The molecule has 2 atom stereocenters. The fraction of sp³-hybridized carbons (Fsp3) is 0.517. The van der Waals surface area contributed by atoms with E-state index >= 15 is 0 Å². The molecule has 0 saturated carbocycles. The second kappa shape index (κ2) is 13.3. The molecule has 1 N–H and O–H groups in total. The summed E-state index contributed by atoms with van der Waals surface area (Å²) in [5.41, 5.74) is 2.31. The highest BCUT2D eigenvalue weighted by Crippen LogP contribution is 2.32. The monoisotopic (exact) mass is 490 g/mol. The molecule has 1 saturated heterocycles. The van der Waals surface area contributed by atoms with Crippen molar-refractivity contribution in [2.45, 2.75) is 57.8 Å². The lowest BCUT2D eigenvalue weighted by Gasteiger charge is -2.39. The van der Waals surface area contributed by atoms with Gasteiger partial charge in [-0.25, -0.2) is 9.97 Å². The zero-order valence-electron chi connectivity index (χ0n) is 21.3. The maximum Gasteiger partial charge on any atom is 0.303 e. The van der Waals surface area contributed by atoms with Crippen LogP contribution in [0.1, 0.15) is 56.3 Å². The number of pyridine rings is 1. The predicted molar refractivity (Wildman–Crippen MR) is 141 cm³/mol. The Balaban J connectivity index is 1.28. The normalized spacial score (nSPS) is 18.4. The smallest absolute Gasteiger partial charge is 0.303 e. The lowest BCUT2D eigenvalue weighted by molar-refractivity contribution is -0.137. The summed E-state index contributed by atoms with van der Waals surface area (Å²) in [5.74, 6) is 2.11. The number of aryl methyl sites for hydroxylation is 2. The molecule has 1 aromatic carbocycles. The van der Waals surface area contributed by atoms with E-state index in [2.05, 4.69) is 32.0 Å². The number of hydrogen-bond donors (Lipinski definition) is 1. The minimum Gasteiger partial charge on any atom is -0.497 e. The molecule has 192 valence electrons. The summed E-state index contributed by atoms with van der Waals surface area (Å²) in [6.07, 6.45) is 14.0. The molecule has 0 aliphatic carbocycles. The zero-order valence-corrected chi connectivity index (χ0v) is 21.3. The summed E-state index contributed by atoms with van der Waals surface area (Å²) in [4.78, 5) is 27.0. The first kappa shape index (κ1) is 26.0. The summed E-state index contributed by atoms with van der Waals surface area (Å²) < 4.78 is 5.42. The van der Waals surface area contributed by atoms with E-state index in [4.69, 9.17) is 4.74 Å². The standard InChI is InChI=1S/C29H38N4O3/c1-36-25-10-11-27-26(20-25)23(13-17-30-27)7-4-6-22-14-19-33(21-24(22)9-12-29(34)35)18-3-2-8-28-31-15-5-16-32-28/h5,10-11,13,15-17,20,22,24H,2-4,6-9,12,14,18-19,21H2,1H3,(H,34,35). The zero-order chi connectivity index (χ0) is 25.2. The minimum absolute atomic E-state index is 0.259. The first-order valence-electron chi connectivity index (χ1n) is 13.2. The molecule has 1 aliphatic rings. The summed E-state index contributed by atoms with van der Waals surface area (Å²) in [6, 6.07) is 10.0. The highest BCUT2D eigenvalue weighted by atomic mass is 16.5. The van der Waals surface area contributed by atoms with Gasteiger partial charge in [-0.3, -0.25) is 9.78 Å². The molecule has 1 fully saturated rings. The Morgan fingerprint density at radius 1 is 1.03 bits per heavy atom.